The Bertz CT molecular complexity index is 540. The summed E-state index contributed by atoms with van der Waals surface area (Å²) in [7, 11) is 0. The van der Waals surface area contributed by atoms with E-state index < -0.39 is 0 Å². The van der Waals surface area contributed by atoms with Gasteiger partial charge >= 0.3 is 0 Å². The molecule has 1 aliphatic carbocycles. The Labute approximate surface area is 197 Å². The Morgan fingerprint density at radius 3 is 1.88 bits per heavy atom. The number of ketones is 3. The van der Waals surface area contributed by atoms with Gasteiger partial charge < -0.3 is 31.6 Å². The minimum atomic E-state index is -0.0195. The molecule has 1 fully saturated rings. The molecule has 6 heteroatoms. The van der Waals surface area contributed by atoms with Crippen LogP contribution in [0.15, 0.2) is 12.7 Å². The minimum Gasteiger partial charge on any atom is -0.330 e. The standard InChI is InChI=1S/C10H19NO.C9H19NO.C7H13NO/c1-9(12)7-10(8-11)5-3-2-4-6-10;1-7(2)4-9(6-10)5-8(3)11;1-3-7(8)5-4-6(2)9/h2-8,11H2,1H3;7,9H,4-6,10H2,1-3H3;3,7H,1,4-5,8H2,2H3/t;9-;7-/m.11/s1. The summed E-state index contributed by atoms with van der Waals surface area (Å²) in [5.41, 5.74) is 16.9. The van der Waals surface area contributed by atoms with Gasteiger partial charge in [0.2, 0.25) is 0 Å². The Balaban J connectivity index is 0. The van der Waals surface area contributed by atoms with Crippen LogP contribution in [0, 0.1) is 17.3 Å². The molecule has 0 aromatic heterocycles. The highest BCUT2D eigenvalue weighted by molar-refractivity contribution is 5.76. The van der Waals surface area contributed by atoms with Crippen molar-refractivity contribution in [3.63, 3.8) is 0 Å². The first kappa shape index (κ1) is 32.8. The number of rotatable bonds is 12. The molecule has 0 saturated heterocycles. The van der Waals surface area contributed by atoms with E-state index in [0.29, 0.717) is 50.0 Å². The molecule has 0 heterocycles. The smallest absolute Gasteiger partial charge is 0.130 e. The van der Waals surface area contributed by atoms with Gasteiger partial charge in [0.15, 0.2) is 0 Å². The van der Waals surface area contributed by atoms with E-state index in [1.807, 2.05) is 0 Å². The van der Waals surface area contributed by atoms with E-state index in [4.69, 9.17) is 17.2 Å². The summed E-state index contributed by atoms with van der Waals surface area (Å²) in [6.07, 6.45) is 11.5. The lowest BCUT2D eigenvalue weighted by Gasteiger charge is -2.35. The monoisotopic (exact) mass is 453 g/mol. The van der Waals surface area contributed by atoms with Crippen LogP contribution in [0.4, 0.5) is 0 Å². The first-order chi connectivity index (χ1) is 14.9. The fourth-order valence-electron chi connectivity index (χ4n) is 4.11. The van der Waals surface area contributed by atoms with Crippen molar-refractivity contribution in [3.05, 3.63) is 12.7 Å². The van der Waals surface area contributed by atoms with Crippen LogP contribution in [-0.2, 0) is 14.4 Å². The second kappa shape index (κ2) is 19.1. The van der Waals surface area contributed by atoms with Crippen molar-refractivity contribution in [2.24, 2.45) is 34.5 Å². The molecule has 6 nitrogen and oxygen atoms in total. The van der Waals surface area contributed by atoms with Crippen LogP contribution >= 0.6 is 0 Å². The van der Waals surface area contributed by atoms with Crippen LogP contribution in [0.25, 0.3) is 0 Å². The molecular weight excluding hydrogens is 402 g/mol. The molecule has 0 aromatic rings. The maximum atomic E-state index is 11.0. The fourth-order valence-corrected chi connectivity index (χ4v) is 4.11. The summed E-state index contributed by atoms with van der Waals surface area (Å²) >= 11 is 0. The summed E-state index contributed by atoms with van der Waals surface area (Å²) in [5, 5.41) is 0. The Morgan fingerprint density at radius 2 is 1.53 bits per heavy atom. The van der Waals surface area contributed by atoms with E-state index in [-0.39, 0.29) is 23.0 Å². The van der Waals surface area contributed by atoms with E-state index in [1.54, 1.807) is 26.8 Å². The third kappa shape index (κ3) is 19.3. The zero-order valence-electron chi connectivity index (χ0n) is 21.5. The number of carbonyl (C=O) groups is 3. The third-order valence-corrected chi connectivity index (χ3v) is 5.82. The van der Waals surface area contributed by atoms with Crippen LogP contribution in [-0.4, -0.2) is 36.5 Å². The van der Waals surface area contributed by atoms with Crippen LogP contribution < -0.4 is 17.2 Å². The van der Waals surface area contributed by atoms with Gasteiger partial charge in [-0.25, -0.2) is 0 Å². The van der Waals surface area contributed by atoms with Crippen LogP contribution in [0.1, 0.15) is 98.8 Å². The lowest BCUT2D eigenvalue weighted by molar-refractivity contribution is -0.120. The maximum Gasteiger partial charge on any atom is 0.130 e. The van der Waals surface area contributed by atoms with E-state index in [0.717, 1.165) is 25.7 Å². The predicted octanol–water partition coefficient (Wildman–Crippen LogP) is 4.33. The molecule has 1 aliphatic rings. The van der Waals surface area contributed by atoms with Crippen molar-refractivity contribution < 1.29 is 14.4 Å². The van der Waals surface area contributed by atoms with Crippen LogP contribution in [0.2, 0.25) is 0 Å². The highest BCUT2D eigenvalue weighted by atomic mass is 16.1. The topological polar surface area (TPSA) is 129 Å². The molecule has 1 rings (SSSR count). The number of hydrogen-bond donors (Lipinski definition) is 3. The Kier molecular flexibility index (Phi) is 19.6. The molecule has 0 unspecified atom stereocenters. The molecule has 0 bridgehead atoms. The zero-order chi connectivity index (χ0) is 25.2. The van der Waals surface area contributed by atoms with Gasteiger partial charge in [0.1, 0.15) is 17.3 Å². The summed E-state index contributed by atoms with van der Waals surface area (Å²) in [4.78, 5) is 32.1. The highest BCUT2D eigenvalue weighted by Crippen LogP contribution is 2.38. The number of carbonyl (C=O) groups excluding carboxylic acids is 3. The highest BCUT2D eigenvalue weighted by Gasteiger charge is 2.31. The Morgan fingerprint density at radius 1 is 0.969 bits per heavy atom. The SMILES string of the molecule is C=C[C@@H](N)CCC(C)=O.CC(=O)CC1(CN)CCCCC1.CC(=O)C[C@H](CN)CC(C)C. The molecule has 1 saturated carbocycles. The summed E-state index contributed by atoms with van der Waals surface area (Å²) < 4.78 is 0. The molecule has 0 aliphatic heterocycles. The first-order valence-corrected chi connectivity index (χ1v) is 12.2. The van der Waals surface area contributed by atoms with Crippen molar-refractivity contribution in [2.75, 3.05) is 13.1 Å². The van der Waals surface area contributed by atoms with Crippen molar-refractivity contribution in [1.29, 1.82) is 0 Å². The van der Waals surface area contributed by atoms with Gasteiger partial charge in [0.05, 0.1) is 0 Å². The van der Waals surface area contributed by atoms with Gasteiger partial charge in [0, 0.05) is 25.3 Å². The number of Topliss-reactive ketones (excluding diaryl/α,β-unsaturated/α-hetero) is 3. The molecule has 2 atom stereocenters. The summed E-state index contributed by atoms with van der Waals surface area (Å²) in [6.45, 7) is 14.0. The van der Waals surface area contributed by atoms with Gasteiger partial charge in [-0.15, -0.1) is 6.58 Å². The summed E-state index contributed by atoms with van der Waals surface area (Å²) in [5.74, 6) is 1.77. The van der Waals surface area contributed by atoms with Gasteiger partial charge in [-0.3, -0.25) is 0 Å². The molecule has 0 spiro atoms. The maximum absolute atomic E-state index is 11.0. The quantitative estimate of drug-likeness (QED) is 0.377. The second-order valence-corrected chi connectivity index (χ2v) is 9.92. The van der Waals surface area contributed by atoms with Gasteiger partial charge in [-0.05, 0) is 76.8 Å². The van der Waals surface area contributed by atoms with Gasteiger partial charge in [-0.1, -0.05) is 39.2 Å². The number of nitrogens with two attached hydrogens (primary N) is 3. The second-order valence-electron chi connectivity index (χ2n) is 9.92. The molecule has 6 N–H and O–H groups in total. The predicted molar refractivity (Wildman–Crippen MR) is 135 cm³/mol. The molecule has 0 aromatic carbocycles. The van der Waals surface area contributed by atoms with Crippen LogP contribution in [0.5, 0.6) is 0 Å². The first-order valence-electron chi connectivity index (χ1n) is 12.2. The molecular formula is C26H51N3O3. The molecule has 32 heavy (non-hydrogen) atoms. The molecule has 0 radical (unpaired) electrons. The average molecular weight is 454 g/mol. The third-order valence-electron chi connectivity index (χ3n) is 5.82. The fraction of sp³-hybridized carbons (Fsp3) is 0.808. The van der Waals surface area contributed by atoms with Gasteiger partial charge in [-0.2, -0.15) is 0 Å². The average Bonchev–Trinajstić information content (AvgIpc) is 2.71. The lowest BCUT2D eigenvalue weighted by atomic mass is 9.71. The van der Waals surface area contributed by atoms with E-state index in [9.17, 15) is 14.4 Å². The van der Waals surface area contributed by atoms with Crippen molar-refractivity contribution in [1.82, 2.24) is 0 Å². The minimum absolute atomic E-state index is 0.0195. The lowest BCUT2D eigenvalue weighted by Crippen LogP contribution is -2.34. The summed E-state index contributed by atoms with van der Waals surface area (Å²) in [6, 6.07) is -0.0195. The molecule has 188 valence electrons. The molecule has 0 amide bonds. The van der Waals surface area contributed by atoms with Crippen LogP contribution in [0.3, 0.4) is 0 Å². The zero-order valence-corrected chi connectivity index (χ0v) is 21.5. The normalized spacial score (nSPS) is 16.5. The number of hydrogen-bond acceptors (Lipinski definition) is 6. The van der Waals surface area contributed by atoms with E-state index >= 15 is 0 Å². The largest absolute Gasteiger partial charge is 0.330 e. The van der Waals surface area contributed by atoms with Crippen molar-refractivity contribution >= 4 is 17.3 Å². The van der Waals surface area contributed by atoms with Crippen molar-refractivity contribution in [3.8, 4) is 0 Å². The van der Waals surface area contributed by atoms with Gasteiger partial charge in [0.25, 0.3) is 0 Å². The Hall–Kier alpha value is -1.37. The van der Waals surface area contributed by atoms with E-state index in [2.05, 4.69) is 20.4 Å². The van der Waals surface area contributed by atoms with Crippen molar-refractivity contribution in [2.45, 2.75) is 105 Å². The van der Waals surface area contributed by atoms with E-state index in [1.165, 1.54) is 19.3 Å².